The number of nitrogens with two attached hydrogens (primary N) is 1. The van der Waals surface area contributed by atoms with Gasteiger partial charge in [-0.3, -0.25) is 10.7 Å². The number of hydrogen-bond donors (Lipinski definition) is 3. The maximum atomic E-state index is 12.8. The van der Waals surface area contributed by atoms with Crippen molar-refractivity contribution in [3.8, 4) is 0 Å². The second-order valence-electron chi connectivity index (χ2n) is 5.86. The highest BCUT2D eigenvalue weighted by molar-refractivity contribution is 7.89. The number of nitrogens with one attached hydrogen (secondary N) is 1. The van der Waals surface area contributed by atoms with Gasteiger partial charge in [-0.05, 0) is 42.6 Å². The van der Waals surface area contributed by atoms with Gasteiger partial charge < -0.3 is 0 Å². The van der Waals surface area contributed by atoms with Crippen LogP contribution in [0.5, 0.6) is 0 Å². The number of aliphatic imine (C=N–C) groups is 1. The number of aromatic nitrogens is 2. The Morgan fingerprint density at radius 2 is 2.00 bits per heavy atom. The summed E-state index contributed by atoms with van der Waals surface area (Å²) in [6, 6.07) is 4.23. The molecule has 13 heteroatoms. The predicted molar refractivity (Wildman–Crippen MR) is 92.4 cm³/mol. The van der Waals surface area contributed by atoms with Crippen LogP contribution < -0.4 is 10.6 Å². The Hall–Kier alpha value is -2.51. The molecule has 28 heavy (non-hydrogen) atoms. The van der Waals surface area contributed by atoms with Crippen LogP contribution in [0.2, 0.25) is 0 Å². The third-order valence-electron chi connectivity index (χ3n) is 3.64. The Labute approximate surface area is 158 Å². The van der Waals surface area contributed by atoms with E-state index in [1.807, 2.05) is 0 Å². The summed E-state index contributed by atoms with van der Waals surface area (Å²) in [5, 5.41) is 21.5. The lowest BCUT2D eigenvalue weighted by molar-refractivity contribution is -0.137. The molecule has 0 radical (unpaired) electrons. The van der Waals surface area contributed by atoms with Gasteiger partial charge in [-0.2, -0.15) is 13.2 Å². The first kappa shape index (κ1) is 21.8. The SMILES string of the molecule is NS(=O)(=O)CCCCCc1nonc1C(=Nc1cccc(C(F)(F)F)c1)NO. The number of amidine groups is 1. The molecule has 1 aromatic carbocycles. The first-order valence-electron chi connectivity index (χ1n) is 8.08. The van der Waals surface area contributed by atoms with Crippen molar-refractivity contribution >= 4 is 21.5 Å². The van der Waals surface area contributed by atoms with Gasteiger partial charge >= 0.3 is 6.18 Å². The van der Waals surface area contributed by atoms with E-state index in [2.05, 4.69) is 19.9 Å². The van der Waals surface area contributed by atoms with Gasteiger partial charge in [0, 0.05) is 0 Å². The van der Waals surface area contributed by atoms with Gasteiger partial charge in [-0.1, -0.05) is 17.6 Å². The zero-order valence-corrected chi connectivity index (χ0v) is 15.3. The Bertz CT molecular complexity index is 928. The Morgan fingerprint density at radius 3 is 2.64 bits per heavy atom. The number of aryl methyl sites for hydroxylation is 1. The van der Waals surface area contributed by atoms with Gasteiger partial charge in [0.25, 0.3) is 0 Å². The molecule has 0 fully saturated rings. The number of benzene rings is 1. The van der Waals surface area contributed by atoms with Crippen LogP contribution >= 0.6 is 0 Å². The molecule has 0 amide bonds. The lowest BCUT2D eigenvalue weighted by atomic mass is 10.1. The van der Waals surface area contributed by atoms with Crippen molar-refractivity contribution in [3.05, 3.63) is 41.2 Å². The minimum atomic E-state index is -4.53. The first-order chi connectivity index (χ1) is 13.1. The Kier molecular flexibility index (Phi) is 7.10. The molecular weight excluding hydrogens is 403 g/mol. The van der Waals surface area contributed by atoms with Gasteiger partial charge in [-0.15, -0.1) is 0 Å². The third kappa shape index (κ3) is 6.58. The van der Waals surface area contributed by atoms with Crippen LogP contribution in [0.1, 0.15) is 36.2 Å². The van der Waals surface area contributed by atoms with E-state index in [1.165, 1.54) is 12.1 Å². The number of hydrogen-bond acceptors (Lipinski definition) is 7. The van der Waals surface area contributed by atoms with Crippen molar-refractivity contribution in [1.82, 2.24) is 15.8 Å². The molecule has 1 heterocycles. The van der Waals surface area contributed by atoms with Crippen LogP contribution in [-0.4, -0.2) is 35.5 Å². The average Bonchev–Trinajstić information content (AvgIpc) is 3.06. The zero-order chi connectivity index (χ0) is 20.8. The number of unbranched alkanes of at least 4 members (excludes halogenated alkanes) is 2. The van der Waals surface area contributed by atoms with Crippen molar-refractivity contribution < 1.29 is 31.4 Å². The highest BCUT2D eigenvalue weighted by Gasteiger charge is 2.30. The summed E-state index contributed by atoms with van der Waals surface area (Å²) in [5.74, 6) is -0.378. The quantitative estimate of drug-likeness (QED) is 0.256. The molecule has 0 spiro atoms. The summed E-state index contributed by atoms with van der Waals surface area (Å²) in [6.07, 6.45) is -2.78. The molecule has 0 unspecified atom stereocenters. The number of alkyl halides is 3. The monoisotopic (exact) mass is 421 g/mol. The van der Waals surface area contributed by atoms with E-state index in [1.54, 1.807) is 5.48 Å². The Morgan fingerprint density at radius 1 is 1.25 bits per heavy atom. The number of hydroxylamine groups is 1. The van der Waals surface area contributed by atoms with Crippen molar-refractivity contribution in [2.75, 3.05) is 5.75 Å². The van der Waals surface area contributed by atoms with Crippen molar-refractivity contribution in [1.29, 1.82) is 0 Å². The standard InChI is InChI=1S/C15H18F3N5O4S/c16-15(17,18)10-5-4-6-11(9-10)20-14(21-24)13-12(22-27-23-13)7-2-1-3-8-28(19,25)26/h4-6,9,24H,1-3,7-8H2,(H,20,21)(H2,19,25,26). The minimum Gasteiger partial charge on any atom is -0.290 e. The van der Waals surface area contributed by atoms with E-state index in [9.17, 15) is 26.8 Å². The largest absolute Gasteiger partial charge is 0.416 e. The topological polar surface area (TPSA) is 144 Å². The number of rotatable bonds is 8. The van der Waals surface area contributed by atoms with Crippen molar-refractivity contribution in [2.24, 2.45) is 10.1 Å². The summed E-state index contributed by atoms with van der Waals surface area (Å²) >= 11 is 0. The number of sulfonamides is 1. The molecular formula is C15H18F3N5O4S. The molecule has 0 atom stereocenters. The van der Waals surface area contributed by atoms with E-state index in [-0.39, 0.29) is 23.0 Å². The van der Waals surface area contributed by atoms with Crippen LogP contribution in [0.15, 0.2) is 33.9 Å². The van der Waals surface area contributed by atoms with Crippen LogP contribution in [0, 0.1) is 0 Å². The highest BCUT2D eigenvalue weighted by atomic mass is 32.2. The highest BCUT2D eigenvalue weighted by Crippen LogP contribution is 2.31. The molecule has 0 saturated heterocycles. The van der Waals surface area contributed by atoms with Crippen molar-refractivity contribution in [3.63, 3.8) is 0 Å². The second kappa shape index (κ2) is 9.12. The fourth-order valence-electron chi connectivity index (χ4n) is 2.33. The predicted octanol–water partition coefficient (Wildman–Crippen LogP) is 2.15. The van der Waals surface area contributed by atoms with Gasteiger partial charge in [0.05, 0.1) is 17.0 Å². The lowest BCUT2D eigenvalue weighted by Gasteiger charge is -2.07. The fourth-order valence-corrected chi connectivity index (χ4v) is 2.94. The normalized spacial score (nSPS) is 13.0. The summed E-state index contributed by atoms with van der Waals surface area (Å²) in [4.78, 5) is 3.93. The maximum absolute atomic E-state index is 12.8. The van der Waals surface area contributed by atoms with Crippen LogP contribution in [0.25, 0.3) is 0 Å². The molecule has 0 aliphatic carbocycles. The van der Waals surface area contributed by atoms with E-state index < -0.39 is 21.8 Å². The molecule has 1 aromatic heterocycles. The molecule has 2 aromatic rings. The van der Waals surface area contributed by atoms with Crippen LogP contribution in [-0.2, 0) is 22.6 Å². The first-order valence-corrected chi connectivity index (χ1v) is 9.80. The van der Waals surface area contributed by atoms with E-state index in [0.717, 1.165) is 12.1 Å². The second-order valence-corrected chi connectivity index (χ2v) is 7.59. The third-order valence-corrected chi connectivity index (χ3v) is 4.50. The number of halogens is 3. The summed E-state index contributed by atoms with van der Waals surface area (Å²) < 4.78 is 64.8. The molecule has 154 valence electrons. The molecule has 2 rings (SSSR count). The van der Waals surface area contributed by atoms with Gasteiger partial charge in [0.15, 0.2) is 11.5 Å². The molecule has 0 saturated carbocycles. The fraction of sp³-hybridized carbons (Fsp3) is 0.400. The van der Waals surface area contributed by atoms with Gasteiger partial charge in [-0.25, -0.2) is 23.2 Å². The smallest absolute Gasteiger partial charge is 0.290 e. The minimum absolute atomic E-state index is 0.0337. The molecule has 0 aliphatic rings. The van der Waals surface area contributed by atoms with Crippen molar-refractivity contribution in [2.45, 2.75) is 31.9 Å². The zero-order valence-electron chi connectivity index (χ0n) is 14.5. The van der Waals surface area contributed by atoms with E-state index in [0.29, 0.717) is 31.4 Å². The summed E-state index contributed by atoms with van der Waals surface area (Å²) in [5.41, 5.74) is 1.17. The Balaban J connectivity index is 2.11. The summed E-state index contributed by atoms with van der Waals surface area (Å²) in [7, 11) is -3.52. The number of nitrogens with zero attached hydrogens (tertiary/aromatic N) is 3. The van der Waals surface area contributed by atoms with Crippen LogP contribution in [0.4, 0.5) is 18.9 Å². The molecule has 0 bridgehead atoms. The van der Waals surface area contributed by atoms with E-state index >= 15 is 0 Å². The van der Waals surface area contributed by atoms with E-state index in [4.69, 9.17) is 5.14 Å². The maximum Gasteiger partial charge on any atom is 0.416 e. The molecule has 9 nitrogen and oxygen atoms in total. The van der Waals surface area contributed by atoms with Gasteiger partial charge in [0.1, 0.15) is 5.69 Å². The summed E-state index contributed by atoms with van der Waals surface area (Å²) in [6.45, 7) is 0. The van der Waals surface area contributed by atoms with Crippen LogP contribution in [0.3, 0.4) is 0 Å². The van der Waals surface area contributed by atoms with Gasteiger partial charge in [0.2, 0.25) is 10.0 Å². The molecule has 4 N–H and O–H groups in total. The number of primary sulfonamides is 1. The molecule has 0 aliphatic heterocycles. The average molecular weight is 421 g/mol. The lowest BCUT2D eigenvalue weighted by Crippen LogP contribution is -2.22.